The van der Waals surface area contributed by atoms with Crippen molar-refractivity contribution in [2.75, 3.05) is 13.1 Å². The molecule has 0 unspecified atom stereocenters. The van der Waals surface area contributed by atoms with Crippen LogP contribution in [0.15, 0.2) is 59.5 Å². The van der Waals surface area contributed by atoms with Crippen LogP contribution in [-0.4, -0.2) is 43.4 Å². The Balaban J connectivity index is 1.77. The summed E-state index contributed by atoms with van der Waals surface area (Å²) in [6, 6.07) is 14.7. The Bertz CT molecular complexity index is 924. The highest BCUT2D eigenvalue weighted by atomic mass is 32.2. The Morgan fingerprint density at radius 2 is 1.81 bits per heavy atom. The van der Waals surface area contributed by atoms with Crippen molar-refractivity contribution in [3.05, 3.63) is 65.7 Å². The van der Waals surface area contributed by atoms with Gasteiger partial charge in [-0.25, -0.2) is 8.42 Å². The van der Waals surface area contributed by atoms with E-state index in [9.17, 15) is 18.0 Å². The van der Waals surface area contributed by atoms with Gasteiger partial charge in [-0.1, -0.05) is 30.3 Å². The van der Waals surface area contributed by atoms with E-state index in [-0.39, 0.29) is 23.1 Å². The summed E-state index contributed by atoms with van der Waals surface area (Å²) in [6.45, 7) is 0.572. The molecule has 1 heterocycles. The average molecular weight is 373 g/mol. The van der Waals surface area contributed by atoms with E-state index in [1.54, 1.807) is 54.6 Å². The zero-order chi connectivity index (χ0) is 18.7. The van der Waals surface area contributed by atoms with Crippen molar-refractivity contribution in [2.24, 2.45) is 5.92 Å². The van der Waals surface area contributed by atoms with Crippen LogP contribution in [0.4, 0.5) is 0 Å². The molecule has 1 aliphatic rings. The molecule has 3 rings (SSSR count). The smallest absolute Gasteiger partial charge is 0.308 e. The van der Waals surface area contributed by atoms with Crippen LogP contribution in [0.25, 0.3) is 0 Å². The van der Waals surface area contributed by atoms with E-state index < -0.39 is 21.7 Å². The first kappa shape index (κ1) is 18.1. The number of sulfone groups is 1. The van der Waals surface area contributed by atoms with Gasteiger partial charge in [-0.2, -0.15) is 0 Å². The summed E-state index contributed by atoms with van der Waals surface area (Å²) >= 11 is 0. The van der Waals surface area contributed by atoms with E-state index in [0.717, 1.165) is 0 Å². The van der Waals surface area contributed by atoms with Gasteiger partial charge in [0, 0.05) is 18.7 Å². The molecule has 7 heteroatoms. The van der Waals surface area contributed by atoms with Gasteiger partial charge in [0.25, 0.3) is 5.91 Å². The summed E-state index contributed by atoms with van der Waals surface area (Å²) in [5.74, 6) is -1.91. The summed E-state index contributed by atoms with van der Waals surface area (Å²) in [4.78, 5) is 25.4. The van der Waals surface area contributed by atoms with Gasteiger partial charge in [-0.05, 0) is 36.2 Å². The average Bonchev–Trinajstić information content (AvgIpc) is 3.12. The second kappa shape index (κ2) is 7.29. The fraction of sp³-hybridized carbons (Fsp3) is 0.263. The van der Waals surface area contributed by atoms with E-state index >= 15 is 0 Å². The van der Waals surface area contributed by atoms with Crippen LogP contribution in [0.2, 0.25) is 0 Å². The van der Waals surface area contributed by atoms with Gasteiger partial charge < -0.3 is 10.0 Å². The van der Waals surface area contributed by atoms with E-state index in [1.807, 2.05) is 0 Å². The molecule has 0 aromatic heterocycles. The summed E-state index contributed by atoms with van der Waals surface area (Å²) in [6.07, 6.45) is 0.434. The lowest BCUT2D eigenvalue weighted by Crippen LogP contribution is -2.30. The minimum absolute atomic E-state index is 0.181. The second-order valence-electron chi connectivity index (χ2n) is 6.35. The standard InChI is InChI=1S/C19H19NO5S/c21-18(20-10-9-16(12-20)19(22)23)15-6-4-5-14(11-15)13-26(24,25)17-7-2-1-3-8-17/h1-8,11,16H,9-10,12-13H2,(H,22,23)/t16-/m0/s1. The molecule has 2 aromatic carbocycles. The lowest BCUT2D eigenvalue weighted by atomic mass is 10.1. The Morgan fingerprint density at radius 3 is 2.46 bits per heavy atom. The number of aliphatic carboxylic acids is 1. The predicted molar refractivity (Wildman–Crippen MR) is 95.4 cm³/mol. The van der Waals surface area contributed by atoms with Gasteiger partial charge >= 0.3 is 5.97 Å². The van der Waals surface area contributed by atoms with Crippen molar-refractivity contribution in [1.29, 1.82) is 0 Å². The maximum atomic E-state index is 12.6. The van der Waals surface area contributed by atoms with Crippen molar-refractivity contribution in [3.8, 4) is 0 Å². The lowest BCUT2D eigenvalue weighted by molar-refractivity contribution is -0.141. The molecule has 1 fully saturated rings. The molecule has 1 aliphatic heterocycles. The Morgan fingerprint density at radius 1 is 1.08 bits per heavy atom. The van der Waals surface area contributed by atoms with Gasteiger partial charge in [-0.3, -0.25) is 9.59 Å². The first-order valence-electron chi connectivity index (χ1n) is 8.25. The molecule has 0 spiro atoms. The van der Waals surface area contributed by atoms with E-state index in [2.05, 4.69) is 0 Å². The number of nitrogens with zero attached hydrogens (tertiary/aromatic N) is 1. The quantitative estimate of drug-likeness (QED) is 0.868. The van der Waals surface area contributed by atoms with Gasteiger partial charge in [-0.15, -0.1) is 0 Å². The highest BCUT2D eigenvalue weighted by Crippen LogP contribution is 2.21. The van der Waals surface area contributed by atoms with Crippen molar-refractivity contribution in [2.45, 2.75) is 17.1 Å². The molecule has 0 radical (unpaired) electrons. The van der Waals surface area contributed by atoms with Crippen LogP contribution in [0, 0.1) is 5.92 Å². The number of carboxylic acids is 1. The Hall–Kier alpha value is -2.67. The van der Waals surface area contributed by atoms with Crippen LogP contribution in [-0.2, 0) is 20.4 Å². The van der Waals surface area contributed by atoms with Crippen molar-refractivity contribution in [3.63, 3.8) is 0 Å². The third-order valence-electron chi connectivity index (χ3n) is 4.46. The van der Waals surface area contributed by atoms with Gasteiger partial charge in [0.05, 0.1) is 16.6 Å². The fourth-order valence-corrected chi connectivity index (χ4v) is 4.41. The number of rotatable bonds is 5. The zero-order valence-corrected chi connectivity index (χ0v) is 14.9. The van der Waals surface area contributed by atoms with Crippen LogP contribution in [0.3, 0.4) is 0 Å². The SMILES string of the molecule is O=C(O)[C@H]1CCN(C(=O)c2cccc(CS(=O)(=O)c3ccccc3)c2)C1. The van der Waals surface area contributed by atoms with E-state index in [0.29, 0.717) is 24.1 Å². The van der Waals surface area contributed by atoms with Gasteiger partial charge in [0.1, 0.15) is 0 Å². The molecule has 2 aromatic rings. The summed E-state index contributed by atoms with van der Waals surface area (Å²) in [7, 11) is -3.50. The van der Waals surface area contributed by atoms with Crippen LogP contribution in [0.1, 0.15) is 22.3 Å². The van der Waals surface area contributed by atoms with Crippen LogP contribution in [0.5, 0.6) is 0 Å². The highest BCUT2D eigenvalue weighted by Gasteiger charge is 2.31. The molecule has 1 atom stereocenters. The highest BCUT2D eigenvalue weighted by molar-refractivity contribution is 7.90. The fourth-order valence-electron chi connectivity index (χ4n) is 3.05. The number of hydrogen-bond donors (Lipinski definition) is 1. The second-order valence-corrected chi connectivity index (χ2v) is 8.34. The van der Waals surface area contributed by atoms with Crippen molar-refractivity contribution >= 4 is 21.7 Å². The largest absolute Gasteiger partial charge is 0.481 e. The molecule has 136 valence electrons. The zero-order valence-electron chi connectivity index (χ0n) is 14.0. The van der Waals surface area contributed by atoms with E-state index in [4.69, 9.17) is 5.11 Å². The Labute approximate surface area is 152 Å². The minimum Gasteiger partial charge on any atom is -0.481 e. The number of amides is 1. The molecule has 0 aliphatic carbocycles. The number of benzene rings is 2. The number of hydrogen-bond acceptors (Lipinski definition) is 4. The summed E-state index contributed by atoms with van der Waals surface area (Å²) < 4.78 is 25.0. The molecule has 0 saturated carbocycles. The van der Waals surface area contributed by atoms with E-state index in [1.165, 1.54) is 4.90 Å². The van der Waals surface area contributed by atoms with Gasteiger partial charge in [0.15, 0.2) is 9.84 Å². The molecule has 26 heavy (non-hydrogen) atoms. The first-order valence-corrected chi connectivity index (χ1v) is 9.91. The third-order valence-corrected chi connectivity index (χ3v) is 6.16. The van der Waals surface area contributed by atoms with Crippen molar-refractivity contribution < 1.29 is 23.1 Å². The third kappa shape index (κ3) is 3.94. The Kier molecular flexibility index (Phi) is 5.08. The molecule has 1 amide bonds. The van der Waals surface area contributed by atoms with Crippen LogP contribution < -0.4 is 0 Å². The van der Waals surface area contributed by atoms with Gasteiger partial charge in [0.2, 0.25) is 0 Å². The van der Waals surface area contributed by atoms with Crippen molar-refractivity contribution in [1.82, 2.24) is 4.90 Å². The first-order chi connectivity index (χ1) is 12.4. The lowest BCUT2D eigenvalue weighted by Gasteiger charge is -2.16. The molecule has 0 bridgehead atoms. The molecule has 6 nitrogen and oxygen atoms in total. The number of likely N-dealkylation sites (tertiary alicyclic amines) is 1. The monoisotopic (exact) mass is 373 g/mol. The topological polar surface area (TPSA) is 91.8 Å². The normalized spacial score (nSPS) is 17.2. The maximum Gasteiger partial charge on any atom is 0.308 e. The summed E-state index contributed by atoms with van der Waals surface area (Å²) in [5.41, 5.74) is 0.894. The number of carbonyl (C=O) groups is 2. The molecule has 1 N–H and O–H groups in total. The minimum atomic E-state index is -3.50. The number of carbonyl (C=O) groups excluding carboxylic acids is 1. The maximum absolute atomic E-state index is 12.6. The van der Waals surface area contributed by atoms with Crippen LogP contribution >= 0.6 is 0 Å². The predicted octanol–water partition coefficient (Wildman–Crippen LogP) is 2.21. The molecular formula is C19H19NO5S. The summed E-state index contributed by atoms with van der Waals surface area (Å²) in [5, 5.41) is 9.06. The number of carboxylic acid groups (broad SMARTS) is 1. The molecular weight excluding hydrogens is 354 g/mol. The molecule has 1 saturated heterocycles.